The maximum Gasteiger partial charge on any atom is 0.234 e. The molecule has 0 aromatic heterocycles. The zero-order chi connectivity index (χ0) is 17.5. The van der Waals surface area contributed by atoms with Gasteiger partial charge in [-0.15, -0.1) is 0 Å². The van der Waals surface area contributed by atoms with Gasteiger partial charge in [0.1, 0.15) is 0 Å². The molecule has 1 heterocycles. The molecule has 0 atom stereocenters. The summed E-state index contributed by atoms with van der Waals surface area (Å²) in [5, 5.41) is 3.00. The molecule has 5 heteroatoms. The lowest BCUT2D eigenvalue weighted by atomic mass is 10.2. The summed E-state index contributed by atoms with van der Waals surface area (Å²) in [6.07, 6.45) is 0. The van der Waals surface area contributed by atoms with Crippen LogP contribution in [0.15, 0.2) is 59.1 Å². The number of halogens is 1. The van der Waals surface area contributed by atoms with E-state index in [-0.39, 0.29) is 5.91 Å². The molecule has 0 aliphatic carbocycles. The molecule has 0 spiro atoms. The van der Waals surface area contributed by atoms with Gasteiger partial charge in [0, 0.05) is 43.7 Å². The molecule has 0 radical (unpaired) electrons. The van der Waals surface area contributed by atoms with Crippen LogP contribution >= 0.6 is 15.9 Å². The van der Waals surface area contributed by atoms with Gasteiger partial charge in [-0.25, -0.2) is 0 Å². The third kappa shape index (κ3) is 5.96. The first-order chi connectivity index (χ1) is 12.2. The first-order valence-corrected chi connectivity index (χ1v) is 9.48. The first-order valence-electron chi connectivity index (χ1n) is 8.69. The van der Waals surface area contributed by atoms with Gasteiger partial charge >= 0.3 is 0 Å². The van der Waals surface area contributed by atoms with Crippen molar-refractivity contribution in [3.8, 4) is 0 Å². The number of hydrogen-bond acceptors (Lipinski definition) is 3. The van der Waals surface area contributed by atoms with Crippen LogP contribution in [0.25, 0.3) is 0 Å². The molecule has 1 amide bonds. The third-order valence-electron chi connectivity index (χ3n) is 4.46. The molecular weight excluding hydrogens is 378 g/mol. The van der Waals surface area contributed by atoms with Crippen LogP contribution in [-0.2, 0) is 17.9 Å². The topological polar surface area (TPSA) is 35.6 Å². The van der Waals surface area contributed by atoms with Crippen LogP contribution in [0, 0.1) is 0 Å². The van der Waals surface area contributed by atoms with Gasteiger partial charge in [-0.2, -0.15) is 0 Å². The van der Waals surface area contributed by atoms with Crippen LogP contribution < -0.4 is 5.32 Å². The first kappa shape index (κ1) is 18.1. The van der Waals surface area contributed by atoms with Gasteiger partial charge in [0.15, 0.2) is 0 Å². The zero-order valence-electron chi connectivity index (χ0n) is 14.3. The highest BCUT2D eigenvalue weighted by molar-refractivity contribution is 9.10. The molecule has 4 nitrogen and oxygen atoms in total. The fourth-order valence-electron chi connectivity index (χ4n) is 3.05. The second-order valence-electron chi connectivity index (χ2n) is 6.44. The molecule has 1 saturated heterocycles. The number of carbonyl (C=O) groups is 1. The minimum Gasteiger partial charge on any atom is -0.351 e. The number of rotatable bonds is 6. The molecule has 1 aliphatic rings. The largest absolute Gasteiger partial charge is 0.351 e. The maximum atomic E-state index is 12.1. The lowest BCUT2D eigenvalue weighted by Gasteiger charge is -2.34. The summed E-state index contributed by atoms with van der Waals surface area (Å²) in [6, 6.07) is 18.5. The normalized spacial score (nSPS) is 15.9. The predicted molar refractivity (Wildman–Crippen MR) is 104 cm³/mol. The van der Waals surface area contributed by atoms with Crippen LogP contribution in [0.2, 0.25) is 0 Å². The van der Waals surface area contributed by atoms with E-state index in [4.69, 9.17) is 0 Å². The van der Waals surface area contributed by atoms with Crippen molar-refractivity contribution in [2.75, 3.05) is 32.7 Å². The quantitative estimate of drug-likeness (QED) is 0.807. The average molecular weight is 402 g/mol. The highest BCUT2D eigenvalue weighted by Crippen LogP contribution is 2.14. The maximum absolute atomic E-state index is 12.1. The summed E-state index contributed by atoms with van der Waals surface area (Å²) in [5.41, 5.74) is 2.46. The SMILES string of the molecule is O=C(CN1CCN(Cc2cccc(Br)c2)CC1)NCc1ccccc1. The van der Waals surface area contributed by atoms with Crippen molar-refractivity contribution in [1.82, 2.24) is 15.1 Å². The minimum atomic E-state index is 0.101. The molecule has 0 unspecified atom stereocenters. The standard InChI is InChI=1S/C20H24BrN3O/c21-19-8-4-7-18(13-19)15-23-9-11-24(12-10-23)16-20(25)22-14-17-5-2-1-3-6-17/h1-8,13H,9-12,14-16H2,(H,22,25). The molecule has 132 valence electrons. The van der Waals surface area contributed by atoms with E-state index >= 15 is 0 Å². The summed E-state index contributed by atoms with van der Waals surface area (Å²) in [5.74, 6) is 0.101. The van der Waals surface area contributed by atoms with Crippen molar-refractivity contribution in [1.29, 1.82) is 0 Å². The predicted octanol–water partition coefficient (Wildman–Crippen LogP) is 2.88. The number of nitrogens with one attached hydrogen (secondary N) is 1. The fourth-order valence-corrected chi connectivity index (χ4v) is 3.50. The molecule has 3 rings (SSSR count). The van der Waals surface area contributed by atoms with Gasteiger partial charge in [-0.05, 0) is 23.3 Å². The summed E-state index contributed by atoms with van der Waals surface area (Å²) in [4.78, 5) is 16.8. The van der Waals surface area contributed by atoms with Gasteiger partial charge in [-0.3, -0.25) is 14.6 Å². The molecule has 0 bridgehead atoms. The van der Waals surface area contributed by atoms with E-state index in [1.807, 2.05) is 30.3 Å². The Morgan fingerprint density at radius 2 is 1.60 bits per heavy atom. The molecule has 2 aromatic rings. The lowest BCUT2D eigenvalue weighted by molar-refractivity contribution is -0.122. The Kier molecular flexibility index (Phi) is 6.62. The van der Waals surface area contributed by atoms with E-state index in [2.05, 4.69) is 55.3 Å². The summed E-state index contributed by atoms with van der Waals surface area (Å²) >= 11 is 3.52. The van der Waals surface area contributed by atoms with Gasteiger partial charge in [-0.1, -0.05) is 58.4 Å². The molecule has 1 aliphatic heterocycles. The highest BCUT2D eigenvalue weighted by Gasteiger charge is 2.18. The zero-order valence-corrected chi connectivity index (χ0v) is 15.9. The van der Waals surface area contributed by atoms with Crippen LogP contribution in [0.4, 0.5) is 0 Å². The fraction of sp³-hybridized carbons (Fsp3) is 0.350. The van der Waals surface area contributed by atoms with Crippen molar-refractivity contribution in [2.24, 2.45) is 0 Å². The Balaban J connectivity index is 1.38. The van der Waals surface area contributed by atoms with Gasteiger partial charge in [0.2, 0.25) is 5.91 Å². The van der Waals surface area contributed by atoms with Crippen molar-refractivity contribution in [2.45, 2.75) is 13.1 Å². The Morgan fingerprint density at radius 3 is 2.32 bits per heavy atom. The number of benzene rings is 2. The molecule has 2 aromatic carbocycles. The Hall–Kier alpha value is -1.69. The van der Waals surface area contributed by atoms with Crippen LogP contribution in [-0.4, -0.2) is 48.4 Å². The van der Waals surface area contributed by atoms with Crippen molar-refractivity contribution in [3.05, 3.63) is 70.2 Å². The van der Waals surface area contributed by atoms with E-state index < -0.39 is 0 Å². The summed E-state index contributed by atoms with van der Waals surface area (Å²) < 4.78 is 1.12. The molecule has 25 heavy (non-hydrogen) atoms. The molecule has 1 fully saturated rings. The van der Waals surface area contributed by atoms with E-state index in [9.17, 15) is 4.79 Å². The summed E-state index contributed by atoms with van der Waals surface area (Å²) in [7, 11) is 0. The average Bonchev–Trinajstić information content (AvgIpc) is 2.63. The Morgan fingerprint density at radius 1 is 0.920 bits per heavy atom. The Bertz CT molecular complexity index is 684. The van der Waals surface area contributed by atoms with Crippen molar-refractivity contribution in [3.63, 3.8) is 0 Å². The van der Waals surface area contributed by atoms with Gasteiger partial charge in [0.25, 0.3) is 0 Å². The van der Waals surface area contributed by atoms with Crippen molar-refractivity contribution < 1.29 is 4.79 Å². The van der Waals surface area contributed by atoms with Crippen LogP contribution in [0.5, 0.6) is 0 Å². The van der Waals surface area contributed by atoms with E-state index in [0.29, 0.717) is 13.1 Å². The lowest BCUT2D eigenvalue weighted by Crippen LogP contribution is -2.49. The third-order valence-corrected chi connectivity index (χ3v) is 4.95. The van der Waals surface area contributed by atoms with E-state index in [1.165, 1.54) is 5.56 Å². The number of piperazine rings is 1. The van der Waals surface area contributed by atoms with Crippen LogP contribution in [0.3, 0.4) is 0 Å². The molecule has 1 N–H and O–H groups in total. The van der Waals surface area contributed by atoms with Crippen molar-refractivity contribution >= 4 is 21.8 Å². The van der Waals surface area contributed by atoms with Crippen LogP contribution in [0.1, 0.15) is 11.1 Å². The van der Waals surface area contributed by atoms with Gasteiger partial charge in [0.05, 0.1) is 6.54 Å². The second-order valence-corrected chi connectivity index (χ2v) is 7.36. The van der Waals surface area contributed by atoms with Gasteiger partial charge < -0.3 is 5.32 Å². The summed E-state index contributed by atoms with van der Waals surface area (Å²) in [6.45, 7) is 5.92. The second kappa shape index (κ2) is 9.13. The number of nitrogens with zero attached hydrogens (tertiary/aromatic N) is 2. The smallest absolute Gasteiger partial charge is 0.234 e. The molecule has 0 saturated carbocycles. The molecular formula is C20H24BrN3O. The highest BCUT2D eigenvalue weighted by atomic mass is 79.9. The monoisotopic (exact) mass is 401 g/mol. The minimum absolute atomic E-state index is 0.101. The van der Waals surface area contributed by atoms with E-state index in [1.54, 1.807) is 0 Å². The Labute approximate surface area is 158 Å². The number of carbonyl (C=O) groups excluding carboxylic acids is 1. The van der Waals surface area contributed by atoms with E-state index in [0.717, 1.165) is 42.8 Å². The number of hydrogen-bond donors (Lipinski definition) is 1. The number of amides is 1.